The number of para-hydroxylation sites is 1. The van der Waals surface area contributed by atoms with E-state index in [9.17, 15) is 14.4 Å². The number of benzene rings is 2. The van der Waals surface area contributed by atoms with Crippen molar-refractivity contribution < 1.29 is 19.1 Å². The second kappa shape index (κ2) is 8.09. The number of H-pyrrole nitrogens is 1. The van der Waals surface area contributed by atoms with Crippen LogP contribution in [0.3, 0.4) is 0 Å². The molecule has 2 fully saturated rings. The largest absolute Gasteiger partial charge is 0.361 e. The van der Waals surface area contributed by atoms with Crippen molar-refractivity contribution in [3.63, 3.8) is 0 Å². The minimum atomic E-state index is -0.781. The lowest BCUT2D eigenvalue weighted by molar-refractivity contribution is -0.131. The lowest BCUT2D eigenvalue weighted by Gasteiger charge is -2.23. The number of amides is 3. The molecule has 4 atom stereocenters. The van der Waals surface area contributed by atoms with Gasteiger partial charge in [-0.05, 0) is 42.3 Å². The van der Waals surface area contributed by atoms with Crippen LogP contribution in [0.4, 0.5) is 11.4 Å². The smallest absolute Gasteiger partial charge is 0.234 e. The van der Waals surface area contributed by atoms with Gasteiger partial charge in [0.05, 0.1) is 24.5 Å². The number of ether oxygens (including phenoxy) is 1. The van der Waals surface area contributed by atoms with Crippen molar-refractivity contribution in [2.75, 3.05) is 23.3 Å². The molecule has 8 heteroatoms. The van der Waals surface area contributed by atoms with Crippen LogP contribution in [0.15, 0.2) is 66.9 Å². The molecule has 0 saturated carbocycles. The normalized spacial score (nSPS) is 26.4. The molecule has 4 heterocycles. The molecule has 0 aliphatic carbocycles. The quantitative estimate of drug-likeness (QED) is 0.482. The average molecular weight is 471 g/mol. The summed E-state index contributed by atoms with van der Waals surface area (Å²) in [5.41, 5.74) is 2.82. The van der Waals surface area contributed by atoms with Gasteiger partial charge in [0.2, 0.25) is 17.7 Å². The molecule has 3 amide bonds. The van der Waals surface area contributed by atoms with E-state index in [-0.39, 0.29) is 23.8 Å². The average Bonchev–Trinajstić information content (AvgIpc) is 3.59. The van der Waals surface area contributed by atoms with E-state index in [4.69, 9.17) is 4.74 Å². The maximum Gasteiger partial charge on any atom is 0.234 e. The number of aromatic amines is 1. The van der Waals surface area contributed by atoms with Crippen molar-refractivity contribution in [3.05, 3.63) is 72.4 Å². The topological polar surface area (TPSA) is 104 Å². The first kappa shape index (κ1) is 21.6. The van der Waals surface area contributed by atoms with Crippen LogP contribution in [0.2, 0.25) is 0 Å². The third-order valence-electron chi connectivity index (χ3n) is 7.27. The number of rotatable bonds is 6. The van der Waals surface area contributed by atoms with Gasteiger partial charge in [-0.25, -0.2) is 0 Å². The Morgan fingerprint density at radius 1 is 1.17 bits per heavy atom. The van der Waals surface area contributed by atoms with Crippen molar-refractivity contribution in [3.8, 4) is 0 Å². The second-order valence-electron chi connectivity index (χ2n) is 9.45. The minimum absolute atomic E-state index is 0.110. The summed E-state index contributed by atoms with van der Waals surface area (Å²) in [5.74, 6) is -1.53. The summed E-state index contributed by atoms with van der Waals surface area (Å²) in [6.07, 6.45) is 6.14. The maximum absolute atomic E-state index is 13.5. The molecule has 2 bridgehead atoms. The zero-order valence-electron chi connectivity index (χ0n) is 19.3. The van der Waals surface area contributed by atoms with Crippen molar-refractivity contribution in [1.82, 2.24) is 10.3 Å². The number of carbonyl (C=O) groups is 3. The van der Waals surface area contributed by atoms with Crippen LogP contribution in [-0.4, -0.2) is 47.5 Å². The van der Waals surface area contributed by atoms with Crippen molar-refractivity contribution >= 4 is 40.0 Å². The molecule has 3 aliphatic rings. The predicted molar refractivity (Wildman–Crippen MR) is 132 cm³/mol. The summed E-state index contributed by atoms with van der Waals surface area (Å²) in [6.45, 7) is 2.29. The van der Waals surface area contributed by atoms with Gasteiger partial charge in [-0.3, -0.25) is 14.4 Å². The van der Waals surface area contributed by atoms with E-state index >= 15 is 0 Å². The molecule has 35 heavy (non-hydrogen) atoms. The van der Waals surface area contributed by atoms with Gasteiger partial charge in [-0.15, -0.1) is 0 Å². The Morgan fingerprint density at radius 3 is 2.77 bits per heavy atom. The highest BCUT2D eigenvalue weighted by atomic mass is 16.5. The summed E-state index contributed by atoms with van der Waals surface area (Å²) < 4.78 is 6.23. The van der Waals surface area contributed by atoms with Crippen LogP contribution in [0.1, 0.15) is 12.5 Å². The minimum Gasteiger partial charge on any atom is -0.361 e. The van der Waals surface area contributed by atoms with Gasteiger partial charge >= 0.3 is 0 Å². The number of aromatic nitrogens is 1. The van der Waals surface area contributed by atoms with E-state index in [2.05, 4.69) is 21.7 Å². The van der Waals surface area contributed by atoms with Gasteiger partial charge < -0.3 is 25.3 Å². The molecule has 6 rings (SSSR count). The molecule has 1 aromatic heterocycles. The number of carbonyl (C=O) groups excluding carboxylic acids is 3. The summed E-state index contributed by atoms with van der Waals surface area (Å²) in [5, 5.41) is 6.92. The molecule has 0 unspecified atom stereocenters. The fraction of sp³-hybridized carbons (Fsp3) is 0.296. The lowest BCUT2D eigenvalue weighted by atomic mass is 9.77. The van der Waals surface area contributed by atoms with Crippen molar-refractivity contribution in [2.24, 2.45) is 11.8 Å². The number of hydrogen-bond donors (Lipinski definition) is 3. The van der Waals surface area contributed by atoms with E-state index in [1.165, 1.54) is 6.92 Å². The molecule has 1 spiro atoms. The molecule has 3 aromatic rings. The van der Waals surface area contributed by atoms with Crippen LogP contribution >= 0.6 is 0 Å². The zero-order chi connectivity index (χ0) is 24.2. The number of nitrogens with one attached hydrogen (secondary N) is 3. The van der Waals surface area contributed by atoms with Gasteiger partial charge in [-0.2, -0.15) is 0 Å². The van der Waals surface area contributed by atoms with Crippen LogP contribution in [0.5, 0.6) is 0 Å². The Balaban J connectivity index is 1.16. The molecule has 2 aromatic carbocycles. The van der Waals surface area contributed by atoms with Crippen molar-refractivity contribution in [2.45, 2.75) is 25.0 Å². The Hall–Kier alpha value is -3.91. The summed E-state index contributed by atoms with van der Waals surface area (Å²) in [7, 11) is 0. The van der Waals surface area contributed by atoms with Crippen LogP contribution in [0.25, 0.3) is 10.9 Å². The number of fused-ring (bicyclic) bond motifs is 2. The standard InChI is InChI=1S/C27H26N4O4/c1-16(32)30-18-6-8-19(9-7-18)31-15-27-12-10-22(35-27)23(24(27)26(31)34)25(33)28-13-11-17-14-29-21-5-3-2-4-20(17)21/h2-10,12,14,22-24,29H,11,13,15H2,1H3,(H,28,33)(H,30,32)/t22-,23-,24+,27-/m1/s1. The molecule has 3 N–H and O–H groups in total. The second-order valence-corrected chi connectivity index (χ2v) is 9.45. The third kappa shape index (κ3) is 3.52. The third-order valence-corrected chi connectivity index (χ3v) is 7.27. The van der Waals surface area contributed by atoms with Crippen LogP contribution < -0.4 is 15.5 Å². The van der Waals surface area contributed by atoms with E-state index in [0.717, 1.165) is 16.5 Å². The van der Waals surface area contributed by atoms with Crippen molar-refractivity contribution in [1.29, 1.82) is 0 Å². The molecule has 3 aliphatic heterocycles. The predicted octanol–water partition coefficient (Wildman–Crippen LogP) is 2.77. The van der Waals surface area contributed by atoms with Crippen LogP contribution in [0, 0.1) is 11.8 Å². The van der Waals surface area contributed by atoms with E-state index < -0.39 is 17.4 Å². The highest BCUT2D eigenvalue weighted by Crippen LogP contribution is 2.52. The van der Waals surface area contributed by atoms with Crippen LogP contribution in [-0.2, 0) is 25.5 Å². The van der Waals surface area contributed by atoms with Gasteiger partial charge in [0.1, 0.15) is 5.60 Å². The van der Waals surface area contributed by atoms with Gasteiger partial charge in [-0.1, -0.05) is 30.4 Å². The highest BCUT2D eigenvalue weighted by molar-refractivity contribution is 6.03. The van der Waals surface area contributed by atoms with E-state index in [0.29, 0.717) is 30.9 Å². The molecular weight excluding hydrogens is 444 g/mol. The number of nitrogens with zero attached hydrogens (tertiary/aromatic N) is 1. The molecular formula is C27H26N4O4. The highest BCUT2D eigenvalue weighted by Gasteiger charge is 2.67. The maximum atomic E-state index is 13.5. The molecule has 2 saturated heterocycles. The summed E-state index contributed by atoms with van der Waals surface area (Å²) >= 11 is 0. The van der Waals surface area contributed by atoms with Gasteiger partial charge in [0.25, 0.3) is 0 Å². The molecule has 0 radical (unpaired) electrons. The fourth-order valence-corrected chi connectivity index (χ4v) is 5.72. The molecule has 8 nitrogen and oxygen atoms in total. The fourth-order valence-electron chi connectivity index (χ4n) is 5.72. The number of hydrogen-bond acceptors (Lipinski definition) is 4. The number of anilines is 2. The first-order valence-corrected chi connectivity index (χ1v) is 11.8. The first-order valence-electron chi connectivity index (χ1n) is 11.8. The van der Waals surface area contributed by atoms with E-state index in [1.54, 1.807) is 29.2 Å². The Kier molecular flexibility index (Phi) is 5.00. The summed E-state index contributed by atoms with van der Waals surface area (Å²) in [6, 6.07) is 15.2. The van der Waals surface area contributed by atoms with E-state index in [1.807, 2.05) is 36.5 Å². The van der Waals surface area contributed by atoms with Gasteiger partial charge in [0, 0.05) is 41.9 Å². The van der Waals surface area contributed by atoms with Gasteiger partial charge in [0.15, 0.2) is 0 Å². The Bertz CT molecular complexity index is 1360. The SMILES string of the molecule is CC(=O)Nc1ccc(N2C[C@@]34C=C[C@@H](O3)[C@@H](C(=O)NCCc3c[nH]c5ccccc35)[C@H]4C2=O)cc1. The lowest BCUT2D eigenvalue weighted by Crippen LogP contribution is -2.44. The monoisotopic (exact) mass is 470 g/mol. The first-order chi connectivity index (χ1) is 16.9. The zero-order valence-corrected chi connectivity index (χ0v) is 19.3. The summed E-state index contributed by atoms with van der Waals surface area (Å²) in [4.78, 5) is 43.0. The molecule has 178 valence electrons. The Morgan fingerprint density at radius 2 is 1.97 bits per heavy atom. The Labute approximate surface area is 202 Å².